The minimum Gasteiger partial charge on any atom is -0.497 e. The van der Waals surface area contributed by atoms with E-state index in [1.165, 1.54) is 22.6 Å². The lowest BCUT2D eigenvalue weighted by Crippen LogP contribution is -2.32. The Balaban J connectivity index is 1.70. The van der Waals surface area contributed by atoms with Crippen LogP contribution in [-0.4, -0.2) is 23.8 Å². The average Bonchev–Trinajstić information content (AvgIpc) is 3.05. The summed E-state index contributed by atoms with van der Waals surface area (Å²) in [5.74, 6) is -0.173. The molecule has 0 saturated carbocycles. The first-order valence-electron chi connectivity index (χ1n) is 10.7. The van der Waals surface area contributed by atoms with Crippen LogP contribution >= 0.6 is 0 Å². The lowest BCUT2D eigenvalue weighted by Gasteiger charge is -2.15. The summed E-state index contributed by atoms with van der Waals surface area (Å²) in [4.78, 5) is 27.9. The van der Waals surface area contributed by atoms with E-state index in [2.05, 4.69) is 19.2 Å². The van der Waals surface area contributed by atoms with E-state index >= 15 is 0 Å². The highest BCUT2D eigenvalue weighted by atomic mass is 19.1. The molecule has 168 valence electrons. The van der Waals surface area contributed by atoms with Gasteiger partial charge in [0.05, 0.1) is 19.2 Å². The van der Waals surface area contributed by atoms with Gasteiger partial charge in [-0.3, -0.25) is 14.5 Å². The Hall–Kier alpha value is -3.93. The number of amides is 2. The van der Waals surface area contributed by atoms with E-state index in [0.717, 1.165) is 0 Å². The Morgan fingerprint density at radius 1 is 0.879 bits per heavy atom. The van der Waals surface area contributed by atoms with Crippen LogP contribution < -0.4 is 10.1 Å². The molecule has 4 rings (SSSR count). The molecule has 0 unspecified atom stereocenters. The van der Waals surface area contributed by atoms with E-state index in [0.29, 0.717) is 28.5 Å². The van der Waals surface area contributed by atoms with E-state index in [9.17, 15) is 14.0 Å². The Morgan fingerprint density at radius 2 is 1.52 bits per heavy atom. The van der Waals surface area contributed by atoms with Gasteiger partial charge in [-0.1, -0.05) is 50.2 Å². The molecule has 0 spiro atoms. The maximum Gasteiger partial charge on any atom is 0.278 e. The van der Waals surface area contributed by atoms with Crippen LogP contribution in [0.25, 0.3) is 5.57 Å². The summed E-state index contributed by atoms with van der Waals surface area (Å²) >= 11 is 0. The molecule has 0 aromatic heterocycles. The fraction of sp³-hybridized carbons (Fsp3) is 0.185. The van der Waals surface area contributed by atoms with Crippen molar-refractivity contribution >= 4 is 23.1 Å². The number of rotatable bonds is 7. The van der Waals surface area contributed by atoms with Gasteiger partial charge in [-0.05, 0) is 59.0 Å². The van der Waals surface area contributed by atoms with Crippen LogP contribution in [0.4, 0.5) is 10.1 Å². The number of nitrogens with one attached hydrogen (secondary N) is 1. The largest absolute Gasteiger partial charge is 0.497 e. The van der Waals surface area contributed by atoms with E-state index in [1.807, 2.05) is 24.3 Å². The zero-order valence-corrected chi connectivity index (χ0v) is 18.8. The molecular weight excluding hydrogens is 419 g/mol. The molecule has 3 aromatic rings. The molecule has 0 fully saturated rings. The van der Waals surface area contributed by atoms with Crippen molar-refractivity contribution in [2.24, 2.45) is 0 Å². The van der Waals surface area contributed by atoms with E-state index in [1.54, 1.807) is 43.5 Å². The first-order chi connectivity index (χ1) is 15.9. The summed E-state index contributed by atoms with van der Waals surface area (Å²) in [6, 6.07) is 20.6. The fourth-order valence-corrected chi connectivity index (χ4v) is 3.73. The highest BCUT2D eigenvalue weighted by Crippen LogP contribution is 2.32. The second-order valence-electron chi connectivity index (χ2n) is 8.20. The van der Waals surface area contributed by atoms with Crippen LogP contribution in [0, 0.1) is 5.82 Å². The minimum absolute atomic E-state index is 0.0507. The molecule has 5 nitrogen and oxygen atoms in total. The van der Waals surface area contributed by atoms with Crippen molar-refractivity contribution in [1.82, 2.24) is 4.90 Å². The number of methoxy groups -OCH3 is 1. The van der Waals surface area contributed by atoms with Crippen molar-refractivity contribution in [1.29, 1.82) is 0 Å². The molecule has 2 amide bonds. The first-order valence-corrected chi connectivity index (χ1v) is 10.7. The zero-order chi connectivity index (χ0) is 23.5. The molecule has 0 radical (unpaired) electrons. The molecule has 6 heteroatoms. The van der Waals surface area contributed by atoms with Crippen LogP contribution in [0.3, 0.4) is 0 Å². The molecule has 0 bridgehead atoms. The molecular formula is C27H25FN2O3. The van der Waals surface area contributed by atoms with E-state index in [4.69, 9.17) is 4.74 Å². The zero-order valence-electron chi connectivity index (χ0n) is 18.8. The summed E-state index contributed by atoms with van der Waals surface area (Å²) in [5.41, 5.74) is 3.66. The number of ether oxygens (including phenoxy) is 1. The minimum atomic E-state index is -0.428. The highest BCUT2D eigenvalue weighted by Gasteiger charge is 2.39. The molecule has 0 atom stereocenters. The SMILES string of the molecule is COc1ccc(C2=C(Nc3ccc(C(C)C)cc3)C(=O)N(Cc3ccc(F)cc3)C2=O)cc1. The van der Waals surface area contributed by atoms with Crippen LogP contribution in [0.2, 0.25) is 0 Å². The third-order valence-corrected chi connectivity index (χ3v) is 5.65. The van der Waals surface area contributed by atoms with Crippen molar-refractivity contribution < 1.29 is 18.7 Å². The number of carbonyl (C=O) groups is 2. The van der Waals surface area contributed by atoms with Gasteiger partial charge in [-0.15, -0.1) is 0 Å². The molecule has 0 aliphatic carbocycles. The number of imide groups is 1. The van der Waals surface area contributed by atoms with Crippen molar-refractivity contribution in [3.8, 4) is 5.75 Å². The van der Waals surface area contributed by atoms with Gasteiger partial charge in [0, 0.05) is 5.69 Å². The van der Waals surface area contributed by atoms with Gasteiger partial charge in [0.15, 0.2) is 0 Å². The standard InChI is InChI=1S/C27H25FN2O3/c1-17(2)19-6-12-22(13-7-19)29-25-24(20-8-14-23(33-3)15-9-20)26(31)30(27(25)32)16-18-4-10-21(28)11-5-18/h4-15,17,29H,16H2,1-3H3. The maximum absolute atomic E-state index is 13.4. The molecule has 33 heavy (non-hydrogen) atoms. The fourth-order valence-electron chi connectivity index (χ4n) is 3.73. The van der Waals surface area contributed by atoms with Crippen molar-refractivity contribution in [3.05, 3.63) is 101 Å². The number of halogens is 1. The molecule has 1 aliphatic rings. The normalized spacial score (nSPS) is 13.8. The highest BCUT2D eigenvalue weighted by molar-refractivity contribution is 6.36. The lowest BCUT2D eigenvalue weighted by atomic mass is 10.0. The summed E-state index contributed by atoms with van der Waals surface area (Å²) in [5, 5.41) is 3.17. The Morgan fingerprint density at radius 3 is 2.09 bits per heavy atom. The van der Waals surface area contributed by atoms with E-state index in [-0.39, 0.29) is 23.6 Å². The third-order valence-electron chi connectivity index (χ3n) is 5.65. The van der Waals surface area contributed by atoms with Gasteiger partial charge >= 0.3 is 0 Å². The molecule has 1 aliphatic heterocycles. The van der Waals surface area contributed by atoms with Gasteiger partial charge in [0.2, 0.25) is 0 Å². The summed E-state index contributed by atoms with van der Waals surface area (Å²) in [6.45, 7) is 4.27. The smallest absolute Gasteiger partial charge is 0.278 e. The molecule has 3 aromatic carbocycles. The van der Waals surface area contributed by atoms with Crippen molar-refractivity contribution in [3.63, 3.8) is 0 Å². The predicted molar refractivity (Wildman–Crippen MR) is 126 cm³/mol. The second kappa shape index (κ2) is 9.28. The average molecular weight is 445 g/mol. The van der Waals surface area contributed by atoms with E-state index < -0.39 is 11.8 Å². The monoisotopic (exact) mass is 444 g/mol. The number of hydrogen-bond acceptors (Lipinski definition) is 4. The maximum atomic E-state index is 13.4. The molecule has 1 heterocycles. The van der Waals surface area contributed by atoms with Crippen LogP contribution in [0.5, 0.6) is 5.75 Å². The molecule has 1 N–H and O–H groups in total. The topological polar surface area (TPSA) is 58.6 Å². The van der Waals surface area contributed by atoms with Crippen LogP contribution in [0.1, 0.15) is 36.5 Å². The third kappa shape index (κ3) is 4.65. The van der Waals surface area contributed by atoms with Crippen molar-refractivity contribution in [2.75, 3.05) is 12.4 Å². The van der Waals surface area contributed by atoms with Gasteiger partial charge in [-0.25, -0.2) is 4.39 Å². The summed E-state index contributed by atoms with van der Waals surface area (Å²) in [6.07, 6.45) is 0. The van der Waals surface area contributed by atoms with Gasteiger partial charge < -0.3 is 10.1 Å². The Bertz CT molecular complexity index is 1200. The molecule has 0 saturated heterocycles. The summed E-state index contributed by atoms with van der Waals surface area (Å²) < 4.78 is 18.5. The number of carbonyl (C=O) groups excluding carboxylic acids is 2. The Kier molecular flexibility index (Phi) is 6.27. The number of hydrogen-bond donors (Lipinski definition) is 1. The van der Waals surface area contributed by atoms with Crippen LogP contribution in [0.15, 0.2) is 78.5 Å². The Labute approximate surface area is 192 Å². The van der Waals surface area contributed by atoms with Gasteiger partial charge in [0.25, 0.3) is 11.8 Å². The van der Waals surface area contributed by atoms with Crippen molar-refractivity contribution in [2.45, 2.75) is 26.3 Å². The number of benzene rings is 3. The van der Waals surface area contributed by atoms with Gasteiger partial charge in [0.1, 0.15) is 17.3 Å². The quantitative estimate of drug-likeness (QED) is 0.499. The van der Waals surface area contributed by atoms with Crippen LogP contribution in [-0.2, 0) is 16.1 Å². The first kappa shape index (κ1) is 22.3. The lowest BCUT2D eigenvalue weighted by molar-refractivity contribution is -0.137. The second-order valence-corrected chi connectivity index (χ2v) is 8.20. The number of anilines is 1. The number of nitrogens with zero attached hydrogens (tertiary/aromatic N) is 1. The van der Waals surface area contributed by atoms with Gasteiger partial charge in [-0.2, -0.15) is 0 Å². The predicted octanol–water partition coefficient (Wildman–Crippen LogP) is 5.35. The summed E-state index contributed by atoms with van der Waals surface area (Å²) in [7, 11) is 1.57.